The van der Waals surface area contributed by atoms with E-state index in [9.17, 15) is 9.59 Å². The van der Waals surface area contributed by atoms with E-state index in [1.807, 2.05) is 72.8 Å². The molecule has 3 N–H and O–H groups in total. The lowest BCUT2D eigenvalue weighted by atomic mass is 9.78. The zero-order valence-corrected chi connectivity index (χ0v) is 22.1. The van der Waals surface area contributed by atoms with E-state index in [0.29, 0.717) is 25.7 Å². The van der Waals surface area contributed by atoms with Crippen molar-refractivity contribution < 1.29 is 14.3 Å². The number of benzene rings is 3. The second-order valence-corrected chi connectivity index (χ2v) is 10.0. The fraction of sp³-hybridized carbons (Fsp3) is 0.273. The maximum absolute atomic E-state index is 13.8. The largest absolute Gasteiger partial charge is 0.497 e. The summed E-state index contributed by atoms with van der Waals surface area (Å²) in [5.41, 5.74) is 6.37. The Balaban J connectivity index is 1.41. The summed E-state index contributed by atoms with van der Waals surface area (Å²) >= 11 is 0. The smallest absolute Gasteiger partial charge is 0.224 e. The van der Waals surface area contributed by atoms with E-state index in [1.165, 1.54) is 0 Å². The number of Topliss-reactive ketones (excluding diaryl/α,β-unsaturated/α-hetero) is 1. The van der Waals surface area contributed by atoms with Gasteiger partial charge in [0.2, 0.25) is 5.91 Å². The molecule has 1 aliphatic carbocycles. The number of amides is 1. The lowest BCUT2D eigenvalue weighted by Gasteiger charge is -2.30. The molecular weight excluding hydrogens is 486 g/mol. The van der Waals surface area contributed by atoms with Gasteiger partial charge in [0, 0.05) is 36.2 Å². The van der Waals surface area contributed by atoms with Gasteiger partial charge in [-0.3, -0.25) is 9.59 Å². The topological polar surface area (TPSA) is 79.5 Å². The standard InChI is InChI=1S/C33H33N3O3/c1-3-4-5-6-14-31(38)34-25-11-9-10-23(19-25)24-20-29-32(30(37)21-24)33(22-15-17-26(39-2)18-16-22)36-28-13-8-7-12-27(28)35-29/h1,7-13,15-19,24,33,35-36H,4-6,14,20-21H2,2H3,(H,34,38). The van der Waals surface area contributed by atoms with Gasteiger partial charge in [-0.1, -0.05) is 36.4 Å². The van der Waals surface area contributed by atoms with E-state index in [0.717, 1.165) is 58.1 Å². The molecule has 0 saturated heterocycles. The van der Waals surface area contributed by atoms with Crippen LogP contribution in [-0.4, -0.2) is 18.8 Å². The molecule has 1 heterocycles. The van der Waals surface area contributed by atoms with Gasteiger partial charge in [-0.25, -0.2) is 0 Å². The number of rotatable bonds is 8. The second kappa shape index (κ2) is 11.9. The SMILES string of the molecule is C#CCCCCC(=O)Nc1cccc(C2CC(=O)C3=C(C2)Nc2ccccc2NC3c2ccc(OC)cc2)c1. The van der Waals surface area contributed by atoms with E-state index in [1.54, 1.807) is 7.11 Å². The third-order valence-electron chi connectivity index (χ3n) is 7.37. The average molecular weight is 520 g/mol. The van der Waals surface area contributed by atoms with E-state index in [4.69, 9.17) is 11.2 Å². The summed E-state index contributed by atoms with van der Waals surface area (Å²) in [4.78, 5) is 26.2. The normalized spacial score (nSPS) is 18.0. The van der Waals surface area contributed by atoms with Gasteiger partial charge in [0.1, 0.15) is 5.75 Å². The molecule has 0 fully saturated rings. The van der Waals surface area contributed by atoms with Gasteiger partial charge in [0.25, 0.3) is 0 Å². The Morgan fingerprint density at radius 3 is 2.56 bits per heavy atom. The van der Waals surface area contributed by atoms with E-state index in [2.05, 4.69) is 21.9 Å². The first kappa shape index (κ1) is 26.1. The number of allylic oxidation sites excluding steroid dienone is 1. The molecule has 0 bridgehead atoms. The first-order valence-corrected chi connectivity index (χ1v) is 13.4. The highest BCUT2D eigenvalue weighted by atomic mass is 16.5. The first-order chi connectivity index (χ1) is 19.1. The van der Waals surface area contributed by atoms with Crippen molar-refractivity contribution in [2.75, 3.05) is 23.1 Å². The number of ketones is 1. The van der Waals surface area contributed by atoms with Crippen molar-refractivity contribution >= 4 is 28.8 Å². The van der Waals surface area contributed by atoms with Gasteiger partial charge in [-0.05, 0) is 72.7 Å². The van der Waals surface area contributed by atoms with Gasteiger partial charge in [0.15, 0.2) is 5.78 Å². The minimum atomic E-state index is -0.282. The maximum atomic E-state index is 13.8. The van der Waals surface area contributed by atoms with E-state index in [-0.39, 0.29) is 23.7 Å². The Kier molecular flexibility index (Phi) is 7.98. The summed E-state index contributed by atoms with van der Waals surface area (Å²) in [6.07, 6.45) is 9.11. The molecule has 0 aromatic heterocycles. The third kappa shape index (κ3) is 5.99. The van der Waals surface area contributed by atoms with Crippen molar-refractivity contribution in [3.63, 3.8) is 0 Å². The van der Waals surface area contributed by atoms with Crippen LogP contribution < -0.4 is 20.7 Å². The number of anilines is 3. The molecule has 2 aliphatic rings. The summed E-state index contributed by atoms with van der Waals surface area (Å²) < 4.78 is 5.35. The highest BCUT2D eigenvalue weighted by Crippen LogP contribution is 2.44. The average Bonchev–Trinajstić information content (AvgIpc) is 3.12. The molecule has 0 spiro atoms. The Morgan fingerprint density at radius 2 is 1.79 bits per heavy atom. The van der Waals surface area contributed by atoms with Gasteiger partial charge < -0.3 is 20.7 Å². The zero-order valence-electron chi connectivity index (χ0n) is 22.1. The van der Waals surface area contributed by atoms with Crippen LogP contribution in [-0.2, 0) is 9.59 Å². The molecule has 6 nitrogen and oxygen atoms in total. The quantitative estimate of drug-likeness (QED) is 0.225. The summed E-state index contributed by atoms with van der Waals surface area (Å²) in [7, 11) is 1.64. The number of para-hydroxylation sites is 2. The molecule has 0 saturated carbocycles. The predicted octanol–water partition coefficient (Wildman–Crippen LogP) is 6.81. The van der Waals surface area contributed by atoms with Gasteiger partial charge in [-0.15, -0.1) is 12.3 Å². The number of terminal acetylenes is 1. The van der Waals surface area contributed by atoms with Crippen LogP contribution in [0.15, 0.2) is 84.1 Å². The summed E-state index contributed by atoms with van der Waals surface area (Å²) in [6, 6.07) is 23.5. The van der Waals surface area contributed by atoms with Crippen molar-refractivity contribution in [3.05, 3.63) is 95.2 Å². The van der Waals surface area contributed by atoms with Crippen LogP contribution in [0.2, 0.25) is 0 Å². The second-order valence-electron chi connectivity index (χ2n) is 10.0. The number of nitrogens with one attached hydrogen (secondary N) is 3. The number of methoxy groups -OCH3 is 1. The Hall–Kier alpha value is -4.50. The number of carbonyl (C=O) groups excluding carboxylic acids is 2. The molecule has 5 rings (SSSR count). The predicted molar refractivity (Wildman–Crippen MR) is 156 cm³/mol. The molecule has 2 unspecified atom stereocenters. The number of ether oxygens (including phenoxy) is 1. The van der Waals surface area contributed by atoms with Crippen LogP contribution in [0.25, 0.3) is 0 Å². The first-order valence-electron chi connectivity index (χ1n) is 13.4. The van der Waals surface area contributed by atoms with Gasteiger partial charge >= 0.3 is 0 Å². The molecule has 6 heteroatoms. The number of fused-ring (bicyclic) bond motifs is 1. The molecular formula is C33H33N3O3. The minimum absolute atomic E-state index is 0.00184. The number of hydrogen-bond acceptors (Lipinski definition) is 5. The molecule has 3 aromatic carbocycles. The highest BCUT2D eigenvalue weighted by Gasteiger charge is 2.36. The zero-order chi connectivity index (χ0) is 27.2. The molecule has 1 amide bonds. The van der Waals surface area contributed by atoms with Crippen molar-refractivity contribution in [1.29, 1.82) is 0 Å². The molecule has 39 heavy (non-hydrogen) atoms. The van der Waals surface area contributed by atoms with Crippen LogP contribution in [0.4, 0.5) is 17.1 Å². The summed E-state index contributed by atoms with van der Waals surface area (Å²) in [5.74, 6) is 3.46. The molecule has 1 aliphatic heterocycles. The lowest BCUT2D eigenvalue weighted by molar-refractivity contribution is -0.117. The summed E-state index contributed by atoms with van der Waals surface area (Å²) in [6.45, 7) is 0. The number of unbranched alkanes of at least 4 members (excludes halogenated alkanes) is 2. The van der Waals surface area contributed by atoms with E-state index >= 15 is 0 Å². The van der Waals surface area contributed by atoms with E-state index < -0.39 is 0 Å². The van der Waals surface area contributed by atoms with Crippen molar-refractivity contribution in [1.82, 2.24) is 0 Å². The minimum Gasteiger partial charge on any atom is -0.497 e. The van der Waals surface area contributed by atoms with Crippen LogP contribution in [0.1, 0.15) is 61.6 Å². The molecule has 198 valence electrons. The van der Waals surface area contributed by atoms with Crippen molar-refractivity contribution in [3.8, 4) is 18.1 Å². The van der Waals surface area contributed by atoms with Gasteiger partial charge in [-0.2, -0.15) is 0 Å². The third-order valence-corrected chi connectivity index (χ3v) is 7.37. The van der Waals surface area contributed by atoms with Crippen LogP contribution in [0.5, 0.6) is 5.75 Å². The molecule has 3 aromatic rings. The maximum Gasteiger partial charge on any atom is 0.224 e. The van der Waals surface area contributed by atoms with Crippen molar-refractivity contribution in [2.24, 2.45) is 0 Å². The highest BCUT2D eigenvalue weighted by molar-refractivity contribution is 6.01. The molecule has 0 radical (unpaired) electrons. The summed E-state index contributed by atoms with van der Waals surface area (Å²) in [5, 5.41) is 10.2. The number of hydrogen-bond donors (Lipinski definition) is 3. The van der Waals surface area contributed by atoms with Crippen molar-refractivity contribution in [2.45, 2.75) is 50.5 Å². The fourth-order valence-corrected chi connectivity index (χ4v) is 5.38. The lowest BCUT2D eigenvalue weighted by Crippen LogP contribution is -2.27. The van der Waals surface area contributed by atoms with Crippen LogP contribution >= 0.6 is 0 Å². The number of carbonyl (C=O) groups is 2. The molecule has 2 atom stereocenters. The van der Waals surface area contributed by atoms with Crippen LogP contribution in [0.3, 0.4) is 0 Å². The van der Waals surface area contributed by atoms with Crippen LogP contribution in [0, 0.1) is 12.3 Å². The fourth-order valence-electron chi connectivity index (χ4n) is 5.38. The van der Waals surface area contributed by atoms with Gasteiger partial charge in [0.05, 0.1) is 24.5 Å². The Labute approximate surface area is 229 Å². The Bertz CT molecular complexity index is 1440. The Morgan fingerprint density at radius 1 is 1.00 bits per heavy atom. The monoisotopic (exact) mass is 519 g/mol.